The summed E-state index contributed by atoms with van der Waals surface area (Å²) in [6.45, 7) is 6.34. The van der Waals surface area contributed by atoms with Crippen LogP contribution in [0.2, 0.25) is 0 Å². The summed E-state index contributed by atoms with van der Waals surface area (Å²) in [5.41, 5.74) is -0.997. The number of hydrogen-bond donors (Lipinski definition) is 1. The Morgan fingerprint density at radius 2 is 2.18 bits per heavy atom. The molecule has 11 heavy (non-hydrogen) atoms. The van der Waals surface area contributed by atoms with Crippen LogP contribution in [-0.2, 0) is 6.18 Å². The third-order valence-corrected chi connectivity index (χ3v) is 0.984. The van der Waals surface area contributed by atoms with E-state index in [9.17, 15) is 13.2 Å². The van der Waals surface area contributed by atoms with E-state index in [1.807, 2.05) is 0 Å². The normalized spacial score (nSPS) is 11.1. The lowest BCUT2D eigenvalue weighted by molar-refractivity contribution is -0.141. The van der Waals surface area contributed by atoms with Crippen molar-refractivity contribution in [3.63, 3.8) is 0 Å². The smallest absolute Gasteiger partial charge is 0.359 e. The van der Waals surface area contributed by atoms with Gasteiger partial charge in [0.05, 0.1) is 0 Å². The quantitative estimate of drug-likeness (QED) is 0.580. The van der Waals surface area contributed by atoms with Crippen LogP contribution in [0.4, 0.5) is 19.0 Å². The summed E-state index contributed by atoms with van der Waals surface area (Å²) in [4.78, 5) is 2.71. The second kappa shape index (κ2) is 2.27. The molecule has 0 radical (unpaired) electrons. The van der Waals surface area contributed by atoms with Gasteiger partial charge in [0.15, 0.2) is 0 Å². The maximum Gasteiger partial charge on any atom is 0.433 e. The molecule has 6 heteroatoms. The zero-order chi connectivity index (χ0) is 8.48. The summed E-state index contributed by atoms with van der Waals surface area (Å²) in [5, 5.41) is 4.81. The predicted octanol–water partition coefficient (Wildman–Crippen LogP) is 1.98. The van der Waals surface area contributed by atoms with Gasteiger partial charge in [-0.05, 0) is 11.2 Å². The topological polar surface area (TPSA) is 33.0 Å². The number of nitrogens with one attached hydrogen (secondary N) is 1. The first-order valence-corrected chi connectivity index (χ1v) is 2.54. The van der Waals surface area contributed by atoms with Gasteiger partial charge in [0, 0.05) is 0 Å². The third-order valence-electron chi connectivity index (χ3n) is 0.984. The molecule has 0 saturated heterocycles. The second-order valence-electron chi connectivity index (χ2n) is 1.75. The van der Waals surface area contributed by atoms with Crippen molar-refractivity contribution >= 4 is 5.82 Å². The molecule has 0 spiro atoms. The number of hydrogen-bond acceptors (Lipinski definition) is 1. The maximum atomic E-state index is 11.8. The maximum absolute atomic E-state index is 11.8. The molecule has 0 amide bonds. The van der Waals surface area contributed by atoms with Gasteiger partial charge in [0.25, 0.3) is 5.82 Å². The molecule has 1 N–H and O–H groups in total. The summed E-state index contributed by atoms with van der Waals surface area (Å²) >= 11 is 0. The van der Waals surface area contributed by atoms with Crippen LogP contribution in [0.25, 0.3) is 4.85 Å². The number of halogens is 3. The molecule has 0 aliphatic rings. The monoisotopic (exact) mass is 161 g/mol. The van der Waals surface area contributed by atoms with Crippen molar-refractivity contribution in [2.75, 3.05) is 0 Å². The number of aromatic nitrogens is 2. The minimum absolute atomic E-state index is 0.280. The molecule has 1 aromatic heterocycles. The highest BCUT2D eigenvalue weighted by Crippen LogP contribution is 2.29. The van der Waals surface area contributed by atoms with Gasteiger partial charge >= 0.3 is 6.18 Å². The molecular weight excluding hydrogens is 159 g/mol. The van der Waals surface area contributed by atoms with Crippen LogP contribution in [0.5, 0.6) is 0 Å². The zero-order valence-electron chi connectivity index (χ0n) is 5.11. The summed E-state index contributed by atoms with van der Waals surface area (Å²) in [6.07, 6.45) is -4.45. The Bertz CT molecular complexity index is 293. The van der Waals surface area contributed by atoms with Crippen molar-refractivity contribution in [1.82, 2.24) is 10.2 Å². The molecule has 0 fully saturated rings. The van der Waals surface area contributed by atoms with E-state index in [4.69, 9.17) is 6.57 Å². The molecule has 58 valence electrons. The average molecular weight is 161 g/mol. The van der Waals surface area contributed by atoms with Crippen molar-refractivity contribution in [2.24, 2.45) is 0 Å². The fourth-order valence-electron chi connectivity index (χ4n) is 0.514. The number of nitrogens with zero attached hydrogens (tertiary/aromatic N) is 2. The third kappa shape index (κ3) is 1.49. The highest BCUT2D eigenvalue weighted by molar-refractivity contribution is 5.36. The molecule has 1 rings (SSSR count). The first-order valence-electron chi connectivity index (χ1n) is 2.54. The van der Waals surface area contributed by atoms with Crippen LogP contribution in [0.15, 0.2) is 6.07 Å². The van der Waals surface area contributed by atoms with Crippen LogP contribution >= 0.6 is 0 Å². The van der Waals surface area contributed by atoms with E-state index in [-0.39, 0.29) is 5.82 Å². The van der Waals surface area contributed by atoms with E-state index in [2.05, 4.69) is 9.94 Å². The van der Waals surface area contributed by atoms with Gasteiger partial charge in [0.2, 0.25) is 0 Å². The van der Waals surface area contributed by atoms with Gasteiger partial charge in [0.1, 0.15) is 5.69 Å². The van der Waals surface area contributed by atoms with Crippen LogP contribution in [0, 0.1) is 6.57 Å². The van der Waals surface area contributed by atoms with Crippen molar-refractivity contribution in [1.29, 1.82) is 0 Å². The summed E-state index contributed by atoms with van der Waals surface area (Å²) in [5.74, 6) is -0.280. The standard InChI is InChI=1S/C5H2F3N3/c1-9-4-2-3(10-11-4)5(6,7)8/h2H,(H,10,11). The Kier molecular flexibility index (Phi) is 1.57. The summed E-state index contributed by atoms with van der Waals surface area (Å²) in [7, 11) is 0. The number of rotatable bonds is 0. The zero-order valence-corrected chi connectivity index (χ0v) is 5.11. The molecule has 0 aliphatic heterocycles. The Morgan fingerprint density at radius 1 is 1.55 bits per heavy atom. The molecule has 1 aromatic rings. The lowest BCUT2D eigenvalue weighted by atomic mass is 10.4. The van der Waals surface area contributed by atoms with Gasteiger partial charge < -0.3 is 4.85 Å². The van der Waals surface area contributed by atoms with Crippen LogP contribution < -0.4 is 0 Å². The van der Waals surface area contributed by atoms with Gasteiger partial charge in [-0.25, -0.2) is 0 Å². The minimum Gasteiger partial charge on any atom is -0.359 e. The van der Waals surface area contributed by atoms with Gasteiger partial charge in [-0.2, -0.15) is 18.3 Å². The first kappa shape index (κ1) is 7.60. The Morgan fingerprint density at radius 3 is 2.45 bits per heavy atom. The van der Waals surface area contributed by atoms with Crippen LogP contribution in [-0.4, -0.2) is 10.2 Å². The van der Waals surface area contributed by atoms with Gasteiger partial charge in [-0.3, -0.25) is 0 Å². The minimum atomic E-state index is -4.45. The van der Waals surface area contributed by atoms with Gasteiger partial charge in [-0.1, -0.05) is 6.57 Å². The molecule has 3 nitrogen and oxygen atoms in total. The van der Waals surface area contributed by atoms with Crippen molar-refractivity contribution in [3.8, 4) is 0 Å². The molecular formula is C5H2F3N3. The highest BCUT2D eigenvalue weighted by atomic mass is 19.4. The van der Waals surface area contributed by atoms with Crippen molar-refractivity contribution < 1.29 is 13.2 Å². The fraction of sp³-hybridized carbons (Fsp3) is 0.200. The largest absolute Gasteiger partial charge is 0.433 e. The molecule has 0 bridgehead atoms. The van der Waals surface area contributed by atoms with Crippen molar-refractivity contribution in [2.45, 2.75) is 6.18 Å². The lowest BCUT2D eigenvalue weighted by Gasteiger charge is -1.98. The SMILES string of the molecule is [C-]#[N+]c1cc(C(F)(F)F)[nH]n1. The Labute approximate surface area is 59.7 Å². The summed E-state index contributed by atoms with van der Waals surface area (Å²) in [6, 6.07) is 0.660. The number of alkyl halides is 3. The number of H-pyrrole nitrogens is 1. The summed E-state index contributed by atoms with van der Waals surface area (Å²) < 4.78 is 35.3. The van der Waals surface area contributed by atoms with Crippen molar-refractivity contribution in [3.05, 3.63) is 23.2 Å². The van der Waals surface area contributed by atoms with E-state index in [0.717, 1.165) is 0 Å². The molecule has 0 unspecified atom stereocenters. The predicted molar refractivity (Wildman–Crippen MR) is 29.9 cm³/mol. The fourth-order valence-corrected chi connectivity index (χ4v) is 0.514. The molecule has 0 aromatic carbocycles. The molecule has 0 aliphatic carbocycles. The molecule has 0 atom stereocenters. The second-order valence-corrected chi connectivity index (χ2v) is 1.75. The highest BCUT2D eigenvalue weighted by Gasteiger charge is 2.33. The van der Waals surface area contributed by atoms with E-state index >= 15 is 0 Å². The Balaban J connectivity index is 3.01. The van der Waals surface area contributed by atoms with E-state index in [1.165, 1.54) is 0 Å². The molecule has 0 saturated carbocycles. The lowest BCUT2D eigenvalue weighted by Crippen LogP contribution is -2.04. The number of aromatic amines is 1. The Hall–Kier alpha value is -1.51. The first-order chi connectivity index (χ1) is 5.04. The molecule has 1 heterocycles. The van der Waals surface area contributed by atoms with E-state index in [1.54, 1.807) is 5.10 Å². The van der Waals surface area contributed by atoms with E-state index < -0.39 is 11.9 Å². The van der Waals surface area contributed by atoms with E-state index in [0.29, 0.717) is 6.07 Å². The van der Waals surface area contributed by atoms with Crippen LogP contribution in [0.3, 0.4) is 0 Å². The average Bonchev–Trinajstić information content (AvgIpc) is 2.32. The van der Waals surface area contributed by atoms with Gasteiger partial charge in [-0.15, -0.1) is 0 Å². The van der Waals surface area contributed by atoms with Crippen LogP contribution in [0.1, 0.15) is 5.69 Å².